The van der Waals surface area contributed by atoms with E-state index in [0.29, 0.717) is 53.6 Å². The molecule has 1 aliphatic heterocycles. The second-order valence-corrected chi connectivity index (χ2v) is 8.24. The van der Waals surface area contributed by atoms with Gasteiger partial charge in [0.2, 0.25) is 11.8 Å². The lowest BCUT2D eigenvalue weighted by Crippen LogP contribution is -2.42. The van der Waals surface area contributed by atoms with Crippen LogP contribution in [0.3, 0.4) is 0 Å². The highest BCUT2D eigenvalue weighted by Crippen LogP contribution is 2.22. The third kappa shape index (κ3) is 4.50. The third-order valence-corrected chi connectivity index (χ3v) is 6.10. The Morgan fingerprint density at radius 1 is 1.32 bits per heavy atom. The molecule has 2 amide bonds. The number of thioether (sulfide) groups is 1. The SMILES string of the molecule is CCCn1c(SCC(=O)N2CCC(C(N)=O)CC2)nc2cc(Cl)ccc2c1=O. The largest absolute Gasteiger partial charge is 0.369 e. The van der Waals surface area contributed by atoms with Gasteiger partial charge in [0.15, 0.2) is 5.16 Å². The zero-order chi connectivity index (χ0) is 20.3. The molecule has 1 fully saturated rings. The maximum absolute atomic E-state index is 12.8. The van der Waals surface area contributed by atoms with Crippen LogP contribution in [0.25, 0.3) is 10.9 Å². The molecule has 0 atom stereocenters. The predicted octanol–water partition coefficient (Wildman–Crippen LogP) is 2.28. The molecule has 150 valence electrons. The lowest BCUT2D eigenvalue weighted by molar-refractivity contribution is -0.132. The van der Waals surface area contributed by atoms with Gasteiger partial charge < -0.3 is 10.6 Å². The standard InChI is InChI=1S/C19H23ClN4O3S/c1-2-7-24-18(27)14-4-3-13(20)10-15(14)22-19(24)28-11-16(25)23-8-5-12(6-9-23)17(21)26/h3-4,10,12H,2,5-9,11H2,1H3,(H2,21,26). The van der Waals surface area contributed by atoms with Gasteiger partial charge in [-0.2, -0.15) is 0 Å². The Balaban J connectivity index is 1.76. The number of nitrogens with two attached hydrogens (primary N) is 1. The van der Waals surface area contributed by atoms with Crippen molar-refractivity contribution in [3.63, 3.8) is 0 Å². The van der Waals surface area contributed by atoms with Crippen molar-refractivity contribution in [1.29, 1.82) is 0 Å². The van der Waals surface area contributed by atoms with E-state index in [-0.39, 0.29) is 29.0 Å². The molecule has 28 heavy (non-hydrogen) atoms. The minimum atomic E-state index is -0.302. The Morgan fingerprint density at radius 3 is 2.68 bits per heavy atom. The van der Waals surface area contributed by atoms with Crippen molar-refractivity contribution >= 4 is 46.1 Å². The Labute approximate surface area is 172 Å². The van der Waals surface area contributed by atoms with Crippen LogP contribution in [0.1, 0.15) is 26.2 Å². The van der Waals surface area contributed by atoms with Crippen LogP contribution in [0.2, 0.25) is 5.02 Å². The molecule has 0 spiro atoms. The van der Waals surface area contributed by atoms with Gasteiger partial charge in [-0.25, -0.2) is 4.98 Å². The van der Waals surface area contributed by atoms with Crippen molar-refractivity contribution in [2.45, 2.75) is 37.9 Å². The molecule has 9 heteroatoms. The topological polar surface area (TPSA) is 98.3 Å². The summed E-state index contributed by atoms with van der Waals surface area (Å²) in [5.74, 6) is -0.303. The molecule has 1 aliphatic rings. The van der Waals surface area contributed by atoms with E-state index in [0.717, 1.165) is 6.42 Å². The van der Waals surface area contributed by atoms with Crippen molar-refractivity contribution in [2.75, 3.05) is 18.8 Å². The minimum Gasteiger partial charge on any atom is -0.369 e. The number of primary amides is 1. The van der Waals surface area contributed by atoms with Crippen LogP contribution in [0, 0.1) is 5.92 Å². The normalized spacial score (nSPS) is 15.1. The summed E-state index contributed by atoms with van der Waals surface area (Å²) in [6, 6.07) is 5.02. The first kappa shape index (κ1) is 20.7. The highest BCUT2D eigenvalue weighted by molar-refractivity contribution is 7.99. The highest BCUT2D eigenvalue weighted by atomic mass is 35.5. The van der Waals surface area contributed by atoms with Crippen molar-refractivity contribution in [3.8, 4) is 0 Å². The number of halogens is 1. The van der Waals surface area contributed by atoms with Crippen molar-refractivity contribution in [2.24, 2.45) is 11.7 Å². The van der Waals surface area contributed by atoms with Crippen molar-refractivity contribution in [3.05, 3.63) is 33.6 Å². The van der Waals surface area contributed by atoms with Gasteiger partial charge >= 0.3 is 0 Å². The lowest BCUT2D eigenvalue weighted by Gasteiger charge is -2.30. The number of carbonyl (C=O) groups excluding carboxylic acids is 2. The number of hydrogen-bond donors (Lipinski definition) is 1. The summed E-state index contributed by atoms with van der Waals surface area (Å²) in [6.07, 6.45) is 1.97. The first-order chi connectivity index (χ1) is 13.4. The molecular formula is C19H23ClN4O3S. The number of benzene rings is 1. The van der Waals surface area contributed by atoms with Crippen molar-refractivity contribution in [1.82, 2.24) is 14.5 Å². The van der Waals surface area contributed by atoms with E-state index in [9.17, 15) is 14.4 Å². The molecule has 2 heterocycles. The molecular weight excluding hydrogens is 400 g/mol. The zero-order valence-corrected chi connectivity index (χ0v) is 17.3. The van der Waals surface area contributed by atoms with Gasteiger partial charge in [-0.15, -0.1) is 0 Å². The van der Waals surface area contributed by atoms with Crippen LogP contribution in [-0.4, -0.2) is 45.1 Å². The summed E-state index contributed by atoms with van der Waals surface area (Å²) < 4.78 is 1.62. The lowest BCUT2D eigenvalue weighted by atomic mass is 9.96. The molecule has 0 saturated carbocycles. The van der Waals surface area contributed by atoms with Crippen LogP contribution in [-0.2, 0) is 16.1 Å². The van der Waals surface area contributed by atoms with Gasteiger partial charge in [0.1, 0.15) is 0 Å². The minimum absolute atomic E-state index is 0.0311. The van der Waals surface area contributed by atoms with E-state index in [2.05, 4.69) is 4.98 Å². The fraction of sp³-hybridized carbons (Fsp3) is 0.474. The first-order valence-corrected chi connectivity index (χ1v) is 10.7. The molecule has 0 unspecified atom stereocenters. The number of rotatable bonds is 6. The van der Waals surface area contributed by atoms with Crippen LogP contribution in [0.5, 0.6) is 0 Å². The van der Waals surface area contributed by atoms with E-state index in [1.807, 2.05) is 6.92 Å². The number of carbonyl (C=O) groups is 2. The van der Waals surface area contributed by atoms with Crippen LogP contribution in [0.15, 0.2) is 28.2 Å². The number of amides is 2. The van der Waals surface area contributed by atoms with Gasteiger partial charge in [0, 0.05) is 30.6 Å². The van der Waals surface area contributed by atoms with Crippen molar-refractivity contribution < 1.29 is 9.59 Å². The van der Waals surface area contributed by atoms with Gasteiger partial charge in [-0.3, -0.25) is 19.0 Å². The predicted molar refractivity (Wildman–Crippen MR) is 111 cm³/mol. The number of nitrogens with zero attached hydrogens (tertiary/aromatic N) is 3. The maximum Gasteiger partial charge on any atom is 0.262 e. The molecule has 1 saturated heterocycles. The molecule has 0 bridgehead atoms. The zero-order valence-electron chi connectivity index (χ0n) is 15.7. The summed E-state index contributed by atoms with van der Waals surface area (Å²) in [7, 11) is 0. The van der Waals surface area contributed by atoms with E-state index in [1.54, 1.807) is 27.7 Å². The number of aromatic nitrogens is 2. The van der Waals surface area contributed by atoms with Crippen LogP contribution < -0.4 is 11.3 Å². The molecule has 2 N–H and O–H groups in total. The summed E-state index contributed by atoms with van der Waals surface area (Å²) in [5.41, 5.74) is 5.75. The third-order valence-electron chi connectivity index (χ3n) is 4.90. The summed E-state index contributed by atoms with van der Waals surface area (Å²) in [5, 5.41) is 1.54. The number of hydrogen-bond acceptors (Lipinski definition) is 5. The molecule has 0 radical (unpaired) electrons. The van der Waals surface area contributed by atoms with Crippen LogP contribution in [0.4, 0.5) is 0 Å². The van der Waals surface area contributed by atoms with E-state index < -0.39 is 0 Å². The molecule has 3 rings (SSSR count). The van der Waals surface area contributed by atoms with E-state index in [4.69, 9.17) is 17.3 Å². The summed E-state index contributed by atoms with van der Waals surface area (Å²) in [6.45, 7) is 3.57. The summed E-state index contributed by atoms with van der Waals surface area (Å²) in [4.78, 5) is 43.0. The number of likely N-dealkylation sites (tertiary alicyclic amines) is 1. The quantitative estimate of drug-likeness (QED) is 0.568. The fourth-order valence-electron chi connectivity index (χ4n) is 3.34. The average molecular weight is 423 g/mol. The monoisotopic (exact) mass is 422 g/mol. The number of piperidine rings is 1. The molecule has 2 aromatic rings. The van der Waals surface area contributed by atoms with Gasteiger partial charge in [-0.1, -0.05) is 30.3 Å². The second-order valence-electron chi connectivity index (χ2n) is 6.86. The Bertz CT molecular complexity index is 954. The Morgan fingerprint density at radius 2 is 2.04 bits per heavy atom. The second kappa shape index (κ2) is 8.96. The van der Waals surface area contributed by atoms with E-state index in [1.165, 1.54) is 11.8 Å². The maximum atomic E-state index is 12.8. The Hall–Kier alpha value is -2.06. The average Bonchev–Trinajstić information content (AvgIpc) is 2.68. The highest BCUT2D eigenvalue weighted by Gasteiger charge is 2.26. The smallest absolute Gasteiger partial charge is 0.262 e. The van der Waals surface area contributed by atoms with E-state index >= 15 is 0 Å². The number of fused-ring (bicyclic) bond motifs is 1. The molecule has 7 nitrogen and oxygen atoms in total. The van der Waals surface area contributed by atoms with Gasteiger partial charge in [-0.05, 0) is 37.5 Å². The molecule has 1 aromatic heterocycles. The van der Waals surface area contributed by atoms with Gasteiger partial charge in [0.05, 0.1) is 16.7 Å². The van der Waals surface area contributed by atoms with Gasteiger partial charge in [0.25, 0.3) is 5.56 Å². The Kier molecular flexibility index (Phi) is 6.61. The summed E-state index contributed by atoms with van der Waals surface area (Å²) >= 11 is 7.29. The molecule has 0 aliphatic carbocycles. The fourth-order valence-corrected chi connectivity index (χ4v) is 4.43. The van der Waals surface area contributed by atoms with Crippen LogP contribution >= 0.6 is 23.4 Å². The molecule has 1 aromatic carbocycles. The first-order valence-electron chi connectivity index (χ1n) is 9.30.